The molecule has 4 aliphatic carbocycles. The van der Waals surface area contributed by atoms with Crippen LogP contribution in [0.15, 0.2) is 0 Å². The average molecular weight is 262 g/mol. The monoisotopic (exact) mass is 262 g/mol. The molecule has 5 rings (SSSR count). The Labute approximate surface area is 115 Å². The van der Waals surface area contributed by atoms with Gasteiger partial charge in [0, 0.05) is 12.6 Å². The van der Waals surface area contributed by atoms with E-state index in [0.717, 1.165) is 37.8 Å². The first kappa shape index (κ1) is 12.2. The molecule has 0 spiro atoms. The standard InChI is InChI=1S/C16H26N2O/c1-15-5-11-4-12(6-15)8-16(7-11,10-15)14(19)18-13-2-3-17-9-13/h11-13,17H,2-10H2,1H3,(H,18,19). The largest absolute Gasteiger partial charge is 0.352 e. The quantitative estimate of drug-likeness (QED) is 0.800. The molecule has 19 heavy (non-hydrogen) atoms. The van der Waals surface area contributed by atoms with Gasteiger partial charge >= 0.3 is 0 Å². The van der Waals surface area contributed by atoms with Gasteiger partial charge in [0.05, 0.1) is 5.41 Å². The van der Waals surface area contributed by atoms with E-state index in [1.54, 1.807) is 0 Å². The molecule has 3 nitrogen and oxygen atoms in total. The van der Waals surface area contributed by atoms with Crippen LogP contribution in [0.3, 0.4) is 0 Å². The fourth-order valence-electron chi connectivity index (χ4n) is 6.10. The highest BCUT2D eigenvalue weighted by molar-refractivity contribution is 5.83. The Kier molecular flexibility index (Phi) is 2.55. The van der Waals surface area contributed by atoms with Gasteiger partial charge in [-0.1, -0.05) is 6.92 Å². The molecule has 1 heterocycles. The molecule has 2 N–H and O–H groups in total. The van der Waals surface area contributed by atoms with Crippen LogP contribution in [0.1, 0.15) is 51.9 Å². The van der Waals surface area contributed by atoms with Crippen LogP contribution in [0.2, 0.25) is 0 Å². The Morgan fingerprint density at radius 1 is 1.21 bits per heavy atom. The summed E-state index contributed by atoms with van der Waals surface area (Å²) in [6.07, 6.45) is 8.75. The highest BCUT2D eigenvalue weighted by Gasteiger charge is 2.58. The van der Waals surface area contributed by atoms with Crippen molar-refractivity contribution in [3.8, 4) is 0 Å². The summed E-state index contributed by atoms with van der Waals surface area (Å²) in [4.78, 5) is 12.9. The lowest BCUT2D eigenvalue weighted by atomic mass is 9.44. The maximum absolute atomic E-state index is 12.9. The van der Waals surface area contributed by atoms with E-state index in [9.17, 15) is 4.79 Å². The number of amides is 1. The first-order valence-corrected chi connectivity index (χ1v) is 8.09. The van der Waals surface area contributed by atoms with Crippen LogP contribution in [-0.2, 0) is 4.79 Å². The zero-order chi connectivity index (χ0) is 13.1. The summed E-state index contributed by atoms with van der Waals surface area (Å²) in [5.41, 5.74) is 0.469. The van der Waals surface area contributed by atoms with Crippen LogP contribution in [0.4, 0.5) is 0 Å². The number of carbonyl (C=O) groups is 1. The number of hydrogen-bond donors (Lipinski definition) is 2. The van der Waals surface area contributed by atoms with Crippen molar-refractivity contribution in [3.05, 3.63) is 0 Å². The predicted molar refractivity (Wildman–Crippen MR) is 74.6 cm³/mol. The van der Waals surface area contributed by atoms with Gasteiger partial charge in [-0.25, -0.2) is 0 Å². The second-order valence-electron chi connectivity index (χ2n) is 8.22. The van der Waals surface area contributed by atoms with Crippen LogP contribution in [0, 0.1) is 22.7 Å². The van der Waals surface area contributed by atoms with Gasteiger partial charge in [-0.15, -0.1) is 0 Å². The number of nitrogens with one attached hydrogen (secondary N) is 2. The molecular weight excluding hydrogens is 236 g/mol. The molecule has 5 fully saturated rings. The zero-order valence-electron chi connectivity index (χ0n) is 12.0. The Morgan fingerprint density at radius 3 is 2.53 bits per heavy atom. The van der Waals surface area contributed by atoms with Crippen molar-refractivity contribution in [1.29, 1.82) is 0 Å². The van der Waals surface area contributed by atoms with Crippen molar-refractivity contribution in [2.75, 3.05) is 13.1 Å². The van der Waals surface area contributed by atoms with E-state index >= 15 is 0 Å². The molecule has 0 aromatic rings. The maximum Gasteiger partial charge on any atom is 0.226 e. The lowest BCUT2D eigenvalue weighted by molar-refractivity contribution is -0.155. The molecule has 3 atom stereocenters. The van der Waals surface area contributed by atoms with Gasteiger partial charge in [0.15, 0.2) is 0 Å². The molecule has 0 radical (unpaired) electrons. The minimum absolute atomic E-state index is 0.00141. The first-order chi connectivity index (χ1) is 9.07. The minimum Gasteiger partial charge on any atom is -0.352 e. The summed E-state index contributed by atoms with van der Waals surface area (Å²) in [6, 6.07) is 0.383. The molecule has 0 aromatic carbocycles. The van der Waals surface area contributed by atoms with E-state index < -0.39 is 0 Å². The van der Waals surface area contributed by atoms with Crippen LogP contribution in [0.25, 0.3) is 0 Å². The third kappa shape index (κ3) is 1.93. The summed E-state index contributed by atoms with van der Waals surface area (Å²) in [7, 11) is 0. The van der Waals surface area contributed by atoms with Gasteiger partial charge in [-0.05, 0) is 68.7 Å². The molecule has 3 heteroatoms. The van der Waals surface area contributed by atoms with E-state index in [1.165, 1.54) is 32.1 Å². The summed E-state index contributed by atoms with van der Waals surface area (Å²) in [5.74, 6) is 2.05. The molecule has 5 aliphatic rings. The molecule has 1 aliphatic heterocycles. The molecule has 1 amide bonds. The Hall–Kier alpha value is -0.570. The van der Waals surface area contributed by atoms with Crippen LogP contribution in [-0.4, -0.2) is 25.0 Å². The normalized spacial score (nSPS) is 51.5. The number of carbonyl (C=O) groups excluding carboxylic acids is 1. The summed E-state index contributed by atoms with van der Waals surface area (Å²) in [5, 5.41) is 6.70. The summed E-state index contributed by atoms with van der Waals surface area (Å²) >= 11 is 0. The number of hydrogen-bond acceptors (Lipinski definition) is 2. The summed E-state index contributed by atoms with van der Waals surface area (Å²) in [6.45, 7) is 4.45. The highest BCUT2D eigenvalue weighted by atomic mass is 16.2. The van der Waals surface area contributed by atoms with E-state index in [0.29, 0.717) is 17.4 Å². The van der Waals surface area contributed by atoms with Gasteiger partial charge in [-0.3, -0.25) is 4.79 Å². The molecule has 1 saturated heterocycles. The minimum atomic E-state index is 0.00141. The van der Waals surface area contributed by atoms with Crippen molar-refractivity contribution < 1.29 is 4.79 Å². The van der Waals surface area contributed by atoms with Crippen molar-refractivity contribution in [2.24, 2.45) is 22.7 Å². The molecule has 4 bridgehead atoms. The Balaban J connectivity index is 1.54. The van der Waals surface area contributed by atoms with Crippen molar-refractivity contribution in [1.82, 2.24) is 10.6 Å². The molecular formula is C16H26N2O. The second kappa shape index (κ2) is 3.97. The highest BCUT2D eigenvalue weighted by Crippen LogP contribution is 2.65. The van der Waals surface area contributed by atoms with Crippen LogP contribution in [0.5, 0.6) is 0 Å². The van der Waals surface area contributed by atoms with Gasteiger partial charge in [0.25, 0.3) is 0 Å². The fourth-order valence-corrected chi connectivity index (χ4v) is 6.10. The maximum atomic E-state index is 12.9. The fraction of sp³-hybridized carbons (Fsp3) is 0.938. The van der Waals surface area contributed by atoms with E-state index in [4.69, 9.17) is 0 Å². The molecule has 3 unspecified atom stereocenters. The van der Waals surface area contributed by atoms with E-state index in [-0.39, 0.29) is 5.41 Å². The lowest BCUT2D eigenvalue weighted by Crippen LogP contribution is -2.58. The number of rotatable bonds is 2. The summed E-state index contributed by atoms with van der Waals surface area (Å²) < 4.78 is 0. The van der Waals surface area contributed by atoms with Crippen molar-refractivity contribution in [2.45, 2.75) is 57.9 Å². The third-order valence-electron chi connectivity index (χ3n) is 6.23. The van der Waals surface area contributed by atoms with Crippen LogP contribution < -0.4 is 10.6 Å². The van der Waals surface area contributed by atoms with Gasteiger partial charge < -0.3 is 10.6 Å². The smallest absolute Gasteiger partial charge is 0.226 e. The molecule has 0 aromatic heterocycles. The van der Waals surface area contributed by atoms with Crippen molar-refractivity contribution >= 4 is 5.91 Å². The SMILES string of the molecule is CC12CC3CC(C1)CC(C(=O)NC1CCNC1)(C3)C2. The Bertz CT molecular complexity index is 386. The van der Waals surface area contributed by atoms with Crippen molar-refractivity contribution in [3.63, 3.8) is 0 Å². The lowest BCUT2D eigenvalue weighted by Gasteiger charge is -2.60. The topological polar surface area (TPSA) is 41.1 Å². The molecule has 4 saturated carbocycles. The van der Waals surface area contributed by atoms with Crippen LogP contribution >= 0.6 is 0 Å². The van der Waals surface area contributed by atoms with E-state index in [2.05, 4.69) is 17.6 Å². The van der Waals surface area contributed by atoms with E-state index in [1.807, 2.05) is 0 Å². The van der Waals surface area contributed by atoms with Gasteiger partial charge in [0.1, 0.15) is 0 Å². The predicted octanol–water partition coefficient (Wildman–Crippen LogP) is 2.07. The average Bonchev–Trinajstić information content (AvgIpc) is 2.78. The Morgan fingerprint density at radius 2 is 1.95 bits per heavy atom. The first-order valence-electron chi connectivity index (χ1n) is 8.09. The third-order valence-corrected chi connectivity index (χ3v) is 6.23. The van der Waals surface area contributed by atoms with Gasteiger partial charge in [-0.2, -0.15) is 0 Å². The zero-order valence-corrected chi connectivity index (χ0v) is 12.0. The molecule has 106 valence electrons. The van der Waals surface area contributed by atoms with Gasteiger partial charge in [0.2, 0.25) is 5.91 Å². The second-order valence-corrected chi connectivity index (χ2v) is 8.22.